The van der Waals surface area contributed by atoms with E-state index in [0.717, 1.165) is 53.5 Å². The molecule has 4 heteroatoms. The van der Waals surface area contributed by atoms with Crippen LogP contribution in [0, 0.1) is 13.8 Å². The van der Waals surface area contributed by atoms with Gasteiger partial charge in [-0.2, -0.15) is 0 Å². The van der Waals surface area contributed by atoms with E-state index >= 15 is 0 Å². The van der Waals surface area contributed by atoms with Crippen molar-refractivity contribution >= 4 is 5.82 Å². The van der Waals surface area contributed by atoms with Crippen LogP contribution in [-0.4, -0.2) is 23.3 Å². The average Bonchev–Trinajstić information content (AvgIpc) is 2.93. The van der Waals surface area contributed by atoms with Gasteiger partial charge in [-0.25, -0.2) is 0 Å². The topological polar surface area (TPSA) is 47.0 Å². The molecule has 104 valence electrons. The first-order chi connectivity index (χ1) is 9.72. The number of hydrogen-bond acceptors (Lipinski definition) is 4. The van der Waals surface area contributed by atoms with Gasteiger partial charge in [0.25, 0.3) is 0 Å². The second-order valence-electron chi connectivity index (χ2n) is 5.07. The van der Waals surface area contributed by atoms with Gasteiger partial charge in [-0.15, -0.1) is 10.2 Å². The second-order valence-corrected chi connectivity index (χ2v) is 5.07. The summed E-state index contributed by atoms with van der Waals surface area (Å²) in [7, 11) is 0. The van der Waals surface area contributed by atoms with E-state index in [1.807, 2.05) is 0 Å². The number of ether oxygens (including phenoxy) is 1. The number of nitrogens with zero attached hydrogens (tertiary/aromatic N) is 2. The molecule has 4 nitrogen and oxygen atoms in total. The lowest BCUT2D eigenvalue weighted by Crippen LogP contribution is -2.06. The Hall–Kier alpha value is -2.10. The maximum Gasteiger partial charge on any atom is 0.151 e. The highest BCUT2D eigenvalue weighted by molar-refractivity contribution is 5.74. The minimum atomic E-state index is 0.757. The van der Waals surface area contributed by atoms with E-state index in [4.69, 9.17) is 4.74 Å². The molecule has 2 aromatic rings. The summed E-state index contributed by atoms with van der Waals surface area (Å²) >= 11 is 0. The van der Waals surface area contributed by atoms with Gasteiger partial charge in [0.15, 0.2) is 5.82 Å². The summed E-state index contributed by atoms with van der Waals surface area (Å²) in [6, 6.07) is 6.25. The fraction of sp³-hybridized carbons (Fsp3) is 0.375. The molecular formula is C16H19N3O. The van der Waals surface area contributed by atoms with Gasteiger partial charge in [-0.3, -0.25) is 0 Å². The van der Waals surface area contributed by atoms with E-state index in [1.54, 1.807) is 0 Å². The molecule has 0 radical (unpaired) electrons. The Morgan fingerprint density at radius 3 is 2.85 bits per heavy atom. The number of hydrogen-bond donors (Lipinski definition) is 1. The lowest BCUT2D eigenvalue weighted by Gasteiger charge is -2.13. The maximum atomic E-state index is 5.77. The van der Waals surface area contributed by atoms with Gasteiger partial charge in [-0.1, -0.05) is 12.1 Å². The van der Waals surface area contributed by atoms with Gasteiger partial charge in [0.05, 0.1) is 12.3 Å². The van der Waals surface area contributed by atoms with Crippen molar-refractivity contribution in [2.45, 2.75) is 27.2 Å². The van der Waals surface area contributed by atoms with Gasteiger partial charge < -0.3 is 10.1 Å². The van der Waals surface area contributed by atoms with E-state index < -0.39 is 0 Å². The highest BCUT2D eigenvalue weighted by Gasteiger charge is 2.20. The van der Waals surface area contributed by atoms with Crippen molar-refractivity contribution in [3.05, 3.63) is 34.9 Å². The predicted octanol–water partition coefficient (Wildman–Crippen LogP) is 3.13. The summed E-state index contributed by atoms with van der Waals surface area (Å²) in [4.78, 5) is 0. The molecule has 0 fully saturated rings. The van der Waals surface area contributed by atoms with Crippen molar-refractivity contribution in [1.29, 1.82) is 0 Å². The van der Waals surface area contributed by atoms with Crippen molar-refractivity contribution in [3.8, 4) is 17.0 Å². The van der Waals surface area contributed by atoms with Gasteiger partial charge in [-0.05, 0) is 43.5 Å². The fourth-order valence-electron chi connectivity index (χ4n) is 2.60. The normalized spacial score (nSPS) is 12.9. The van der Waals surface area contributed by atoms with Crippen molar-refractivity contribution in [2.75, 3.05) is 18.5 Å². The highest BCUT2D eigenvalue weighted by atomic mass is 16.5. The summed E-state index contributed by atoms with van der Waals surface area (Å²) in [5.74, 6) is 1.84. The van der Waals surface area contributed by atoms with E-state index in [1.165, 1.54) is 5.56 Å². The van der Waals surface area contributed by atoms with Crippen LogP contribution >= 0.6 is 0 Å². The molecule has 0 aliphatic carbocycles. The number of rotatable bonds is 3. The third kappa shape index (κ3) is 2.01. The molecule has 1 aromatic carbocycles. The number of fused-ring (bicyclic) bond motifs is 1. The number of benzene rings is 1. The van der Waals surface area contributed by atoms with Crippen LogP contribution < -0.4 is 10.1 Å². The molecule has 0 amide bonds. The average molecular weight is 269 g/mol. The number of aromatic nitrogens is 2. The Morgan fingerprint density at radius 1 is 1.20 bits per heavy atom. The van der Waals surface area contributed by atoms with Crippen LogP contribution in [0.3, 0.4) is 0 Å². The van der Waals surface area contributed by atoms with Crippen LogP contribution in [0.4, 0.5) is 5.82 Å². The van der Waals surface area contributed by atoms with Crippen molar-refractivity contribution in [3.63, 3.8) is 0 Å². The van der Waals surface area contributed by atoms with Crippen molar-refractivity contribution in [2.24, 2.45) is 0 Å². The van der Waals surface area contributed by atoms with Gasteiger partial charge >= 0.3 is 0 Å². The first kappa shape index (κ1) is 12.9. The van der Waals surface area contributed by atoms with Crippen molar-refractivity contribution in [1.82, 2.24) is 10.2 Å². The zero-order chi connectivity index (χ0) is 14.1. The van der Waals surface area contributed by atoms with E-state index in [-0.39, 0.29) is 0 Å². The quantitative estimate of drug-likeness (QED) is 0.930. The molecule has 0 spiro atoms. The molecule has 20 heavy (non-hydrogen) atoms. The number of anilines is 1. The van der Waals surface area contributed by atoms with Gasteiger partial charge in [0.2, 0.25) is 0 Å². The Bertz CT molecular complexity index is 652. The number of para-hydroxylation sites is 1. The molecule has 0 atom stereocenters. The lowest BCUT2D eigenvalue weighted by atomic mass is 10.0. The SMILES string of the molecule is CCNc1nnc(-c2cccc3c2OCC3)c(C)c1C. The lowest BCUT2D eigenvalue weighted by molar-refractivity contribution is 0.358. The van der Waals surface area contributed by atoms with Gasteiger partial charge in [0, 0.05) is 18.5 Å². The van der Waals surface area contributed by atoms with Crippen LogP contribution in [0.5, 0.6) is 5.75 Å². The monoisotopic (exact) mass is 269 g/mol. The third-order valence-electron chi connectivity index (χ3n) is 3.84. The standard InChI is InChI=1S/C16H19N3O/c1-4-17-16-11(3)10(2)14(18-19-16)13-7-5-6-12-8-9-20-15(12)13/h5-7H,4,8-9H2,1-3H3,(H,17,19). The third-order valence-corrected chi connectivity index (χ3v) is 3.84. The predicted molar refractivity (Wildman–Crippen MR) is 80.3 cm³/mol. The van der Waals surface area contributed by atoms with Crippen LogP contribution in [0.1, 0.15) is 23.6 Å². The molecule has 1 aliphatic heterocycles. The Balaban J connectivity index is 2.12. The molecule has 0 unspecified atom stereocenters. The molecule has 0 saturated carbocycles. The van der Waals surface area contributed by atoms with E-state index in [0.29, 0.717) is 0 Å². The summed E-state index contributed by atoms with van der Waals surface area (Å²) in [6.45, 7) is 7.83. The van der Waals surface area contributed by atoms with Gasteiger partial charge in [0.1, 0.15) is 5.75 Å². The number of nitrogens with one attached hydrogen (secondary N) is 1. The minimum absolute atomic E-state index is 0.757. The Morgan fingerprint density at radius 2 is 2.05 bits per heavy atom. The Labute approximate surface area is 119 Å². The van der Waals surface area contributed by atoms with Crippen LogP contribution in [-0.2, 0) is 6.42 Å². The van der Waals surface area contributed by atoms with E-state index in [2.05, 4.69) is 54.5 Å². The molecule has 3 rings (SSSR count). The van der Waals surface area contributed by atoms with E-state index in [9.17, 15) is 0 Å². The first-order valence-corrected chi connectivity index (χ1v) is 7.05. The molecule has 2 heterocycles. The van der Waals surface area contributed by atoms with Crippen LogP contribution in [0.2, 0.25) is 0 Å². The molecule has 0 saturated heterocycles. The highest BCUT2D eigenvalue weighted by Crippen LogP contribution is 2.37. The van der Waals surface area contributed by atoms with Crippen molar-refractivity contribution < 1.29 is 4.74 Å². The van der Waals surface area contributed by atoms with Crippen LogP contribution in [0.25, 0.3) is 11.3 Å². The Kier molecular flexibility index (Phi) is 3.30. The molecule has 1 aliphatic rings. The molecule has 1 aromatic heterocycles. The van der Waals surface area contributed by atoms with Crippen LogP contribution in [0.15, 0.2) is 18.2 Å². The summed E-state index contributed by atoms with van der Waals surface area (Å²) < 4.78 is 5.77. The second kappa shape index (κ2) is 5.12. The smallest absolute Gasteiger partial charge is 0.151 e. The fourth-order valence-corrected chi connectivity index (χ4v) is 2.60. The largest absolute Gasteiger partial charge is 0.492 e. The summed E-state index contributed by atoms with van der Waals surface area (Å²) in [5, 5.41) is 12.0. The summed E-state index contributed by atoms with van der Waals surface area (Å²) in [6.07, 6.45) is 0.976. The first-order valence-electron chi connectivity index (χ1n) is 7.05. The summed E-state index contributed by atoms with van der Waals surface area (Å²) in [5.41, 5.74) is 5.53. The zero-order valence-electron chi connectivity index (χ0n) is 12.2. The zero-order valence-corrected chi connectivity index (χ0v) is 12.2. The maximum absolute atomic E-state index is 5.77. The molecule has 0 bridgehead atoms. The molecule has 1 N–H and O–H groups in total. The minimum Gasteiger partial charge on any atom is -0.492 e. The molecular weight excluding hydrogens is 250 g/mol.